The van der Waals surface area contributed by atoms with Crippen molar-refractivity contribution in [1.29, 1.82) is 0 Å². The third-order valence-corrected chi connectivity index (χ3v) is 7.32. The minimum atomic E-state index is -0.378. The van der Waals surface area contributed by atoms with Crippen molar-refractivity contribution in [3.05, 3.63) is 57.2 Å². The molecule has 0 aliphatic carbocycles. The molecule has 2 aliphatic rings. The summed E-state index contributed by atoms with van der Waals surface area (Å²) in [6.07, 6.45) is 3.16. The Morgan fingerprint density at radius 2 is 1.94 bits per heavy atom. The van der Waals surface area contributed by atoms with Crippen LogP contribution in [0, 0.1) is 11.1 Å². The maximum Gasteiger partial charge on any atom is 0.167 e. The Labute approximate surface area is 194 Å². The van der Waals surface area contributed by atoms with Crippen LogP contribution in [-0.4, -0.2) is 51.8 Å². The molecule has 0 radical (unpaired) electrons. The molecule has 168 valence electrons. The van der Waals surface area contributed by atoms with Crippen LogP contribution in [0.5, 0.6) is 11.5 Å². The van der Waals surface area contributed by atoms with Crippen molar-refractivity contribution < 1.29 is 9.47 Å². The topological polar surface area (TPSA) is 44.8 Å². The summed E-state index contributed by atoms with van der Waals surface area (Å²) in [5.41, 5.74) is 1.77. The number of halogens is 2. The molecule has 2 aromatic rings. The monoisotopic (exact) mass is 464 g/mol. The number of benzene rings is 2. The number of piperidine rings is 1. The molecule has 0 aromatic heterocycles. The molecule has 7 heteroatoms. The molecular weight excluding hydrogens is 435 g/mol. The Morgan fingerprint density at radius 1 is 1.10 bits per heavy atom. The summed E-state index contributed by atoms with van der Waals surface area (Å²) in [6.45, 7) is 3.80. The second kappa shape index (κ2) is 9.55. The zero-order chi connectivity index (χ0) is 22.0. The van der Waals surface area contributed by atoms with E-state index in [2.05, 4.69) is 11.9 Å². The van der Waals surface area contributed by atoms with E-state index in [9.17, 15) is 5.21 Å². The van der Waals surface area contributed by atoms with Gasteiger partial charge in [0.25, 0.3) is 0 Å². The van der Waals surface area contributed by atoms with E-state index in [0.717, 1.165) is 25.1 Å². The van der Waals surface area contributed by atoms with Crippen molar-refractivity contribution >= 4 is 28.9 Å². The second-order valence-electron chi connectivity index (χ2n) is 8.87. The van der Waals surface area contributed by atoms with Crippen LogP contribution >= 0.6 is 23.2 Å². The lowest BCUT2D eigenvalue weighted by Gasteiger charge is -2.38. The first-order valence-electron chi connectivity index (χ1n) is 10.9. The van der Waals surface area contributed by atoms with Crippen LogP contribution in [0.3, 0.4) is 0 Å². The molecule has 0 amide bonds. The average Bonchev–Trinajstić information content (AvgIpc) is 3.17. The van der Waals surface area contributed by atoms with Gasteiger partial charge in [-0.2, -0.15) is 0 Å². The van der Waals surface area contributed by atoms with Crippen LogP contribution in [-0.2, 0) is 0 Å². The summed E-state index contributed by atoms with van der Waals surface area (Å²) in [6, 6.07) is 11.2. The molecular formula is C24H30Cl2N2O3. The number of quaternary nitrogens is 1. The number of rotatable bonds is 6. The first kappa shape index (κ1) is 22.7. The zero-order valence-corrected chi connectivity index (χ0v) is 19.7. The average molecular weight is 465 g/mol. The van der Waals surface area contributed by atoms with Gasteiger partial charge in [-0.1, -0.05) is 29.3 Å². The lowest BCUT2D eigenvalue weighted by Crippen LogP contribution is -2.40. The van der Waals surface area contributed by atoms with E-state index in [4.69, 9.17) is 32.7 Å². The number of nitrogens with zero attached hydrogens (tertiary/aromatic N) is 2. The lowest BCUT2D eigenvalue weighted by molar-refractivity contribution is 0.148. The van der Waals surface area contributed by atoms with Gasteiger partial charge in [0, 0.05) is 36.9 Å². The van der Waals surface area contributed by atoms with Gasteiger partial charge in [0.15, 0.2) is 11.5 Å². The maximum absolute atomic E-state index is 13.7. The third kappa shape index (κ3) is 5.12. The van der Waals surface area contributed by atoms with Gasteiger partial charge in [-0.25, -0.2) is 0 Å². The molecule has 4 rings (SSSR count). The van der Waals surface area contributed by atoms with Gasteiger partial charge in [-0.05, 0) is 50.2 Å². The van der Waals surface area contributed by atoms with Crippen molar-refractivity contribution in [1.82, 2.24) is 9.55 Å². The van der Waals surface area contributed by atoms with Crippen LogP contribution < -0.4 is 14.1 Å². The van der Waals surface area contributed by atoms with Crippen molar-refractivity contribution in [2.75, 3.05) is 46.9 Å². The standard InChI is InChI=1S/C24H30Cl2N2O3/c1-27-10-3-4-17(14-27)16-31-24-13-20(6-8-23(24)30-2)28(29)11-9-19(15-28)18-5-7-21(25)22(26)12-18/h5-8,12-13,17,19H,3-4,9-11,14-16H2,1-2H3. The van der Waals surface area contributed by atoms with Crippen LogP contribution in [0.25, 0.3) is 0 Å². The molecule has 0 N–H and O–H groups in total. The highest BCUT2D eigenvalue weighted by Crippen LogP contribution is 2.41. The molecule has 2 aliphatic heterocycles. The van der Waals surface area contributed by atoms with Crippen LogP contribution in [0.2, 0.25) is 10.0 Å². The minimum absolute atomic E-state index is 0.150. The highest BCUT2D eigenvalue weighted by Gasteiger charge is 2.35. The molecule has 0 bridgehead atoms. The normalized spacial score (nSPS) is 26.7. The quantitative estimate of drug-likeness (QED) is 0.405. The highest BCUT2D eigenvalue weighted by atomic mass is 35.5. The van der Waals surface area contributed by atoms with E-state index < -0.39 is 0 Å². The Bertz CT molecular complexity index is 926. The van der Waals surface area contributed by atoms with Crippen LogP contribution in [0.15, 0.2) is 36.4 Å². The van der Waals surface area contributed by atoms with Gasteiger partial charge in [0.2, 0.25) is 0 Å². The molecule has 3 atom stereocenters. The Hall–Kier alpha value is -1.50. The van der Waals surface area contributed by atoms with Gasteiger partial charge in [0.05, 0.1) is 36.9 Å². The van der Waals surface area contributed by atoms with E-state index in [1.807, 2.05) is 30.3 Å². The van der Waals surface area contributed by atoms with E-state index >= 15 is 0 Å². The van der Waals surface area contributed by atoms with E-state index in [1.54, 1.807) is 13.2 Å². The number of hydrogen-bond donors (Lipinski definition) is 0. The van der Waals surface area contributed by atoms with E-state index in [1.165, 1.54) is 12.8 Å². The van der Waals surface area contributed by atoms with Gasteiger partial charge >= 0.3 is 0 Å². The molecule has 5 nitrogen and oxygen atoms in total. The summed E-state index contributed by atoms with van der Waals surface area (Å²) in [5.74, 6) is 1.96. The third-order valence-electron chi connectivity index (χ3n) is 6.58. The summed E-state index contributed by atoms with van der Waals surface area (Å²) >= 11 is 12.2. The number of likely N-dealkylation sites (tertiary alicyclic amines) is 1. The molecule has 2 heterocycles. The Morgan fingerprint density at radius 3 is 2.68 bits per heavy atom. The minimum Gasteiger partial charge on any atom is -0.627 e. The molecule has 2 aromatic carbocycles. The van der Waals surface area contributed by atoms with Gasteiger partial charge in [-0.15, -0.1) is 0 Å². The van der Waals surface area contributed by atoms with Crippen molar-refractivity contribution in [2.24, 2.45) is 5.92 Å². The summed E-state index contributed by atoms with van der Waals surface area (Å²) < 4.78 is 11.3. The Balaban J connectivity index is 1.49. The fourth-order valence-electron chi connectivity index (χ4n) is 4.82. The fraction of sp³-hybridized carbons (Fsp3) is 0.500. The summed E-state index contributed by atoms with van der Waals surface area (Å²) in [7, 11) is 3.78. The van der Waals surface area contributed by atoms with Crippen molar-refractivity contribution in [3.63, 3.8) is 0 Å². The van der Waals surface area contributed by atoms with Gasteiger partial charge in [-0.3, -0.25) is 0 Å². The van der Waals surface area contributed by atoms with Gasteiger partial charge < -0.3 is 24.2 Å². The summed E-state index contributed by atoms with van der Waals surface area (Å²) in [5, 5.41) is 14.8. The predicted molar refractivity (Wildman–Crippen MR) is 127 cm³/mol. The maximum atomic E-state index is 13.7. The molecule has 2 fully saturated rings. The van der Waals surface area contributed by atoms with Gasteiger partial charge in [0.1, 0.15) is 5.69 Å². The number of ether oxygens (including phenoxy) is 2. The lowest BCUT2D eigenvalue weighted by atomic mass is 9.98. The first-order chi connectivity index (χ1) is 14.9. The predicted octanol–water partition coefficient (Wildman–Crippen LogP) is 5.72. The SMILES string of the molecule is COc1ccc([N+]2([O-])CCC(c3ccc(Cl)c(Cl)c3)C2)cc1OCC1CCCN(C)C1. The first-order valence-corrected chi connectivity index (χ1v) is 11.7. The molecule has 0 spiro atoms. The van der Waals surface area contributed by atoms with Crippen LogP contribution in [0.4, 0.5) is 5.69 Å². The summed E-state index contributed by atoms with van der Waals surface area (Å²) in [4.78, 5) is 2.34. The number of hydroxylamine groups is 2. The smallest absolute Gasteiger partial charge is 0.167 e. The van der Waals surface area contributed by atoms with Crippen molar-refractivity contribution in [3.8, 4) is 11.5 Å². The molecule has 0 saturated carbocycles. The number of methoxy groups -OCH3 is 1. The van der Waals surface area contributed by atoms with Crippen molar-refractivity contribution in [2.45, 2.75) is 25.2 Å². The zero-order valence-electron chi connectivity index (χ0n) is 18.2. The molecule has 31 heavy (non-hydrogen) atoms. The Kier molecular flexibility index (Phi) is 6.99. The van der Waals surface area contributed by atoms with E-state index in [-0.39, 0.29) is 10.6 Å². The fourth-order valence-corrected chi connectivity index (χ4v) is 5.13. The molecule has 2 saturated heterocycles. The highest BCUT2D eigenvalue weighted by molar-refractivity contribution is 6.42. The largest absolute Gasteiger partial charge is 0.627 e. The van der Waals surface area contributed by atoms with E-state index in [0.29, 0.717) is 52.8 Å². The molecule has 3 unspecified atom stereocenters. The second-order valence-corrected chi connectivity index (χ2v) is 9.69. The van der Waals surface area contributed by atoms with Crippen LogP contribution in [0.1, 0.15) is 30.7 Å². The number of hydrogen-bond acceptors (Lipinski definition) is 4.